The topological polar surface area (TPSA) is 96.7 Å². The van der Waals surface area contributed by atoms with Gasteiger partial charge in [0.15, 0.2) is 0 Å². The number of carboxylic acids is 1. The zero-order chi connectivity index (χ0) is 24.2. The fourth-order valence-corrected chi connectivity index (χ4v) is 4.84. The van der Waals surface area contributed by atoms with Gasteiger partial charge in [0, 0.05) is 18.1 Å². The minimum Gasteiger partial charge on any atom is -0.481 e. The molecule has 33 heavy (non-hydrogen) atoms. The molecule has 0 saturated heterocycles. The van der Waals surface area contributed by atoms with Gasteiger partial charge in [-0.1, -0.05) is 50.1 Å². The van der Waals surface area contributed by atoms with Crippen LogP contribution in [0.2, 0.25) is 0 Å². The van der Waals surface area contributed by atoms with E-state index in [9.17, 15) is 18.9 Å². The largest absolute Gasteiger partial charge is 0.481 e. The van der Waals surface area contributed by atoms with Crippen LogP contribution in [0.15, 0.2) is 48.5 Å². The van der Waals surface area contributed by atoms with Crippen LogP contribution in [0.1, 0.15) is 37.4 Å². The highest BCUT2D eigenvalue weighted by Crippen LogP contribution is 2.46. The number of carbonyl (C=O) groups is 1. The van der Waals surface area contributed by atoms with Gasteiger partial charge in [0.25, 0.3) is 7.37 Å². The number of para-hydroxylation sites is 1. The number of pyridine rings is 1. The summed E-state index contributed by atoms with van der Waals surface area (Å²) < 4.78 is 31.9. The van der Waals surface area contributed by atoms with Crippen molar-refractivity contribution in [3.63, 3.8) is 0 Å². The van der Waals surface area contributed by atoms with Crippen LogP contribution in [-0.4, -0.2) is 40.5 Å². The summed E-state index contributed by atoms with van der Waals surface area (Å²) in [5, 5.41) is 19.7. The molecule has 0 aliphatic heterocycles. The van der Waals surface area contributed by atoms with Crippen LogP contribution in [0.4, 0.5) is 4.39 Å². The second-order valence-electron chi connectivity index (χ2n) is 7.95. The van der Waals surface area contributed by atoms with Gasteiger partial charge < -0.3 is 14.7 Å². The molecule has 2 N–H and O–H groups in total. The number of carboxylic acid groups (broad SMARTS) is 1. The molecule has 0 spiro atoms. The molecule has 2 atom stereocenters. The fourth-order valence-electron chi connectivity index (χ4n) is 3.54. The Bertz CT molecular complexity index is 1280. The van der Waals surface area contributed by atoms with Crippen LogP contribution in [-0.2, 0) is 13.9 Å². The zero-order valence-corrected chi connectivity index (χ0v) is 19.5. The van der Waals surface area contributed by atoms with E-state index in [4.69, 9.17) is 14.6 Å². The van der Waals surface area contributed by atoms with Gasteiger partial charge in [-0.15, -0.1) is 0 Å². The minimum atomic E-state index is -3.67. The fraction of sp³-hybridized carbons (Fsp3) is 0.280. The number of benzene rings is 2. The Balaban J connectivity index is 2.25. The average molecular weight is 469 g/mol. The molecule has 0 amide bonds. The molecule has 1 heterocycles. The van der Waals surface area contributed by atoms with Gasteiger partial charge in [-0.25, -0.2) is 4.39 Å². The summed E-state index contributed by atoms with van der Waals surface area (Å²) in [7, 11) is -2.46. The van der Waals surface area contributed by atoms with Crippen LogP contribution < -0.4 is 0 Å². The SMILES string of the molecule is COP(=O)(C#Cc1c(C(C)C)nc2ccccc2c1-c1ccc(F)cc1)C[C@@H](O)CC(=O)O. The Morgan fingerprint density at radius 2 is 1.85 bits per heavy atom. The van der Waals surface area contributed by atoms with Crippen molar-refractivity contribution in [2.75, 3.05) is 13.3 Å². The van der Waals surface area contributed by atoms with Crippen LogP contribution in [0.3, 0.4) is 0 Å². The number of fused-ring (bicyclic) bond motifs is 1. The Morgan fingerprint density at radius 1 is 1.18 bits per heavy atom. The van der Waals surface area contributed by atoms with Gasteiger partial charge in [-0.2, -0.15) is 0 Å². The van der Waals surface area contributed by atoms with E-state index in [1.54, 1.807) is 12.1 Å². The second-order valence-corrected chi connectivity index (χ2v) is 10.3. The molecule has 0 aliphatic rings. The maximum atomic E-state index is 13.6. The van der Waals surface area contributed by atoms with Crippen molar-refractivity contribution in [2.45, 2.75) is 32.3 Å². The predicted octanol–water partition coefficient (Wildman–Crippen LogP) is 5.23. The third-order valence-corrected chi connectivity index (χ3v) is 7.05. The first kappa shape index (κ1) is 24.6. The maximum Gasteiger partial charge on any atom is 0.305 e. The van der Waals surface area contributed by atoms with Gasteiger partial charge in [0.2, 0.25) is 0 Å². The Kier molecular flexibility index (Phi) is 7.65. The highest BCUT2D eigenvalue weighted by molar-refractivity contribution is 7.64. The molecule has 0 bridgehead atoms. The third-order valence-electron chi connectivity index (χ3n) is 5.11. The van der Waals surface area contributed by atoms with E-state index < -0.39 is 32.0 Å². The van der Waals surface area contributed by atoms with Crippen LogP contribution in [0.25, 0.3) is 22.0 Å². The molecule has 0 radical (unpaired) electrons. The molecular weight excluding hydrogens is 444 g/mol. The summed E-state index contributed by atoms with van der Waals surface area (Å²) in [5.74, 6) is 1.35. The van der Waals surface area contributed by atoms with Gasteiger partial charge in [-0.05, 0) is 35.3 Å². The summed E-state index contributed by atoms with van der Waals surface area (Å²) >= 11 is 0. The first-order chi connectivity index (χ1) is 15.6. The third kappa shape index (κ3) is 5.85. The lowest BCUT2D eigenvalue weighted by atomic mass is 9.91. The summed E-state index contributed by atoms with van der Waals surface area (Å²) in [6, 6.07) is 13.5. The van der Waals surface area contributed by atoms with Gasteiger partial charge >= 0.3 is 5.97 Å². The van der Waals surface area contributed by atoms with Crippen molar-refractivity contribution in [1.82, 2.24) is 4.98 Å². The van der Waals surface area contributed by atoms with Crippen molar-refractivity contribution < 1.29 is 28.5 Å². The summed E-state index contributed by atoms with van der Waals surface area (Å²) in [6.45, 7) is 3.92. The lowest BCUT2D eigenvalue weighted by Gasteiger charge is -2.17. The smallest absolute Gasteiger partial charge is 0.305 e. The Labute approximate surface area is 191 Å². The average Bonchev–Trinajstić information content (AvgIpc) is 2.76. The number of nitrogens with zero attached hydrogens (tertiary/aromatic N) is 1. The van der Waals surface area contributed by atoms with Crippen LogP contribution >= 0.6 is 7.37 Å². The molecular formula is C25H25FNO5P. The number of hydrogen-bond donors (Lipinski definition) is 2. The van der Waals surface area contributed by atoms with Crippen molar-refractivity contribution >= 4 is 24.2 Å². The zero-order valence-electron chi connectivity index (χ0n) is 18.6. The van der Waals surface area contributed by atoms with E-state index in [1.165, 1.54) is 19.2 Å². The monoisotopic (exact) mass is 469 g/mol. The lowest BCUT2D eigenvalue weighted by Crippen LogP contribution is -2.17. The Hall–Kier alpha value is -3.04. The number of rotatable bonds is 7. The number of hydrogen-bond acceptors (Lipinski definition) is 5. The van der Waals surface area contributed by atoms with Crippen molar-refractivity contribution in [3.05, 3.63) is 65.6 Å². The first-order valence-corrected chi connectivity index (χ1v) is 12.2. The summed E-state index contributed by atoms with van der Waals surface area (Å²) in [5.41, 5.74) is 6.06. The number of halogens is 1. The van der Waals surface area contributed by atoms with E-state index in [0.29, 0.717) is 11.3 Å². The van der Waals surface area contributed by atoms with E-state index in [2.05, 4.69) is 11.6 Å². The number of aliphatic hydroxyl groups is 1. The highest BCUT2D eigenvalue weighted by Gasteiger charge is 2.26. The molecule has 1 aromatic heterocycles. The van der Waals surface area contributed by atoms with E-state index in [1.807, 2.05) is 38.1 Å². The minimum absolute atomic E-state index is 0.0300. The molecule has 3 aromatic rings. The van der Waals surface area contributed by atoms with Crippen molar-refractivity contribution in [3.8, 4) is 22.7 Å². The Morgan fingerprint density at radius 3 is 2.45 bits per heavy atom. The number of aliphatic carboxylic acids is 1. The molecule has 2 aromatic carbocycles. The van der Waals surface area contributed by atoms with Crippen LogP contribution in [0.5, 0.6) is 0 Å². The molecule has 172 valence electrons. The molecule has 3 rings (SSSR count). The summed E-state index contributed by atoms with van der Waals surface area (Å²) in [6.07, 6.45) is -2.34. The van der Waals surface area contributed by atoms with Gasteiger partial charge in [0.05, 0.1) is 35.5 Å². The van der Waals surface area contributed by atoms with E-state index in [0.717, 1.165) is 22.0 Å². The normalized spacial score (nSPS) is 13.9. The lowest BCUT2D eigenvalue weighted by molar-refractivity contribution is -0.138. The quantitative estimate of drug-likeness (QED) is 0.363. The van der Waals surface area contributed by atoms with Crippen molar-refractivity contribution in [1.29, 1.82) is 0 Å². The van der Waals surface area contributed by atoms with Gasteiger partial charge in [0.1, 0.15) is 5.82 Å². The standard InChI is InChI=1S/C25H25FNO5P/c1-16(2)25-21(12-13-33(31,32-3)15-19(28)14-23(29)30)24(17-8-10-18(26)11-9-17)20-6-4-5-7-22(20)27-25/h4-11,16,19,28H,14-15H2,1-3H3,(H,29,30)/t19-,33?/m0/s1. The molecule has 0 fully saturated rings. The molecule has 6 nitrogen and oxygen atoms in total. The highest BCUT2D eigenvalue weighted by atomic mass is 31.2. The van der Waals surface area contributed by atoms with E-state index in [-0.39, 0.29) is 11.7 Å². The molecule has 0 saturated carbocycles. The van der Waals surface area contributed by atoms with Gasteiger partial charge in [-0.3, -0.25) is 14.3 Å². The van der Waals surface area contributed by atoms with Crippen LogP contribution in [0, 0.1) is 17.4 Å². The maximum absolute atomic E-state index is 13.6. The molecule has 8 heteroatoms. The second kappa shape index (κ2) is 10.3. The number of aliphatic hydroxyl groups excluding tert-OH is 1. The number of aromatic nitrogens is 1. The van der Waals surface area contributed by atoms with Crippen molar-refractivity contribution in [2.24, 2.45) is 0 Å². The van der Waals surface area contributed by atoms with E-state index >= 15 is 0 Å². The molecule has 1 unspecified atom stereocenters. The first-order valence-electron chi connectivity index (χ1n) is 10.4. The summed E-state index contributed by atoms with van der Waals surface area (Å²) in [4.78, 5) is 15.6. The molecule has 0 aliphatic carbocycles. The predicted molar refractivity (Wildman–Crippen MR) is 126 cm³/mol.